The van der Waals surface area contributed by atoms with Gasteiger partial charge in [-0.15, -0.1) is 0 Å². The van der Waals surface area contributed by atoms with Gasteiger partial charge in [0.05, 0.1) is 0 Å². The topological polar surface area (TPSA) is 102 Å². The average molecular weight is 308 g/mol. The lowest BCUT2D eigenvalue weighted by Gasteiger charge is -2.07. The van der Waals surface area contributed by atoms with Gasteiger partial charge in [-0.25, -0.2) is 0 Å². The van der Waals surface area contributed by atoms with E-state index in [1.165, 1.54) is 6.92 Å². The van der Waals surface area contributed by atoms with Crippen LogP contribution in [0.3, 0.4) is 0 Å². The minimum Gasteiger partial charge on any atom is -0.480 e. The number of carbonyl (C=O) groups excluding carboxylic acids is 1. The van der Waals surface area contributed by atoms with Crippen LogP contribution in [0.15, 0.2) is 36.0 Å². The molecule has 0 radical (unpaired) electrons. The van der Waals surface area contributed by atoms with E-state index in [1.807, 2.05) is 0 Å². The van der Waals surface area contributed by atoms with E-state index in [0.717, 1.165) is 11.8 Å². The highest BCUT2D eigenvalue weighted by molar-refractivity contribution is 6.30. The fourth-order valence-corrected chi connectivity index (χ4v) is 1.43. The number of amides is 1. The first kappa shape index (κ1) is 16.5. The largest absolute Gasteiger partial charge is 0.480 e. The molecule has 0 aliphatic carbocycles. The number of nitrogens with zero attached hydrogens (tertiary/aromatic N) is 1. The third kappa shape index (κ3) is 5.55. The van der Waals surface area contributed by atoms with Crippen LogP contribution in [-0.2, 0) is 16.1 Å². The van der Waals surface area contributed by atoms with Crippen LogP contribution in [-0.4, -0.2) is 23.0 Å². The molecule has 0 heterocycles. The van der Waals surface area contributed by atoms with Gasteiger partial charge in [0.25, 0.3) is 5.91 Å². The molecule has 0 aliphatic rings. The second kappa shape index (κ2) is 7.92. The first-order valence-corrected chi connectivity index (χ1v) is 6.43. The Kier molecular flexibility index (Phi) is 6.24. The molecular formula is C14H14ClN3O3. The van der Waals surface area contributed by atoms with Crippen molar-refractivity contribution in [2.24, 2.45) is 0 Å². The van der Waals surface area contributed by atoms with E-state index < -0.39 is 17.9 Å². The van der Waals surface area contributed by atoms with Gasteiger partial charge in [0, 0.05) is 17.8 Å². The molecule has 0 saturated carbocycles. The monoisotopic (exact) mass is 307 g/mol. The van der Waals surface area contributed by atoms with Crippen LogP contribution in [0.5, 0.6) is 0 Å². The molecule has 1 rings (SSSR count). The Balaban J connectivity index is 2.59. The second-order valence-corrected chi connectivity index (χ2v) is 4.64. The molecular weight excluding hydrogens is 294 g/mol. The number of carboxylic acid groups (broad SMARTS) is 1. The van der Waals surface area contributed by atoms with E-state index in [2.05, 4.69) is 10.6 Å². The third-order valence-corrected chi connectivity index (χ3v) is 2.83. The lowest BCUT2D eigenvalue weighted by atomic mass is 10.2. The van der Waals surface area contributed by atoms with Crippen LogP contribution < -0.4 is 10.6 Å². The molecule has 1 unspecified atom stereocenters. The number of nitrogens with one attached hydrogen (secondary N) is 2. The van der Waals surface area contributed by atoms with Crippen molar-refractivity contribution in [1.29, 1.82) is 5.26 Å². The van der Waals surface area contributed by atoms with Gasteiger partial charge in [0.2, 0.25) is 0 Å². The first-order chi connectivity index (χ1) is 9.93. The molecule has 1 aromatic rings. The summed E-state index contributed by atoms with van der Waals surface area (Å²) in [6, 6.07) is 7.72. The second-order valence-electron chi connectivity index (χ2n) is 4.21. The summed E-state index contributed by atoms with van der Waals surface area (Å²) in [5.41, 5.74) is 0.633. The predicted octanol–water partition coefficient (Wildman–Crippen LogP) is 1.43. The zero-order chi connectivity index (χ0) is 15.8. The zero-order valence-electron chi connectivity index (χ0n) is 11.3. The molecule has 0 bridgehead atoms. The highest BCUT2D eigenvalue weighted by Crippen LogP contribution is 2.09. The first-order valence-electron chi connectivity index (χ1n) is 6.05. The highest BCUT2D eigenvalue weighted by atomic mass is 35.5. The standard InChI is InChI=1S/C14H14ClN3O3/c1-9(14(20)21)17-8-11(6-16)13(19)18-7-10-2-4-12(15)5-3-10/h2-5,8-9,17H,7H2,1H3,(H,18,19)(H,20,21)/b11-8-. The van der Waals surface area contributed by atoms with Gasteiger partial charge in [0.1, 0.15) is 17.7 Å². The predicted molar refractivity (Wildman–Crippen MR) is 77.2 cm³/mol. The summed E-state index contributed by atoms with van der Waals surface area (Å²) in [5, 5.41) is 23.2. The van der Waals surface area contributed by atoms with Gasteiger partial charge in [-0.1, -0.05) is 23.7 Å². The Hall–Kier alpha value is -2.52. The maximum Gasteiger partial charge on any atom is 0.325 e. The maximum absolute atomic E-state index is 11.8. The van der Waals surface area contributed by atoms with Crippen molar-refractivity contribution in [3.63, 3.8) is 0 Å². The number of aliphatic carboxylic acids is 1. The van der Waals surface area contributed by atoms with Crippen LogP contribution >= 0.6 is 11.6 Å². The smallest absolute Gasteiger partial charge is 0.325 e. The normalized spacial score (nSPS) is 12.1. The van der Waals surface area contributed by atoms with Crippen molar-refractivity contribution in [2.75, 3.05) is 0 Å². The number of nitriles is 1. The number of rotatable bonds is 6. The van der Waals surface area contributed by atoms with Gasteiger partial charge >= 0.3 is 5.97 Å². The molecule has 3 N–H and O–H groups in total. The molecule has 0 aliphatic heterocycles. The van der Waals surface area contributed by atoms with E-state index >= 15 is 0 Å². The minimum absolute atomic E-state index is 0.197. The zero-order valence-corrected chi connectivity index (χ0v) is 12.0. The van der Waals surface area contributed by atoms with Crippen molar-refractivity contribution >= 4 is 23.5 Å². The van der Waals surface area contributed by atoms with Crippen LogP contribution in [0.4, 0.5) is 0 Å². The van der Waals surface area contributed by atoms with Crippen molar-refractivity contribution < 1.29 is 14.7 Å². The summed E-state index contributed by atoms with van der Waals surface area (Å²) in [7, 11) is 0. The van der Waals surface area contributed by atoms with Gasteiger partial charge < -0.3 is 15.7 Å². The number of carboxylic acids is 1. The number of hydrogen-bond acceptors (Lipinski definition) is 4. The fraction of sp³-hybridized carbons (Fsp3) is 0.214. The molecule has 1 aromatic carbocycles. The van der Waals surface area contributed by atoms with Crippen molar-refractivity contribution in [2.45, 2.75) is 19.5 Å². The van der Waals surface area contributed by atoms with E-state index in [9.17, 15) is 9.59 Å². The molecule has 0 saturated heterocycles. The average Bonchev–Trinajstić information content (AvgIpc) is 2.46. The Morgan fingerprint density at radius 3 is 2.57 bits per heavy atom. The third-order valence-electron chi connectivity index (χ3n) is 2.58. The van der Waals surface area contributed by atoms with Crippen LogP contribution in [0.2, 0.25) is 5.02 Å². The van der Waals surface area contributed by atoms with Crippen LogP contribution in [0.1, 0.15) is 12.5 Å². The Labute approximate surface area is 127 Å². The molecule has 0 spiro atoms. The minimum atomic E-state index is -1.08. The van der Waals surface area contributed by atoms with E-state index in [1.54, 1.807) is 30.3 Å². The lowest BCUT2D eigenvalue weighted by Crippen LogP contribution is -2.31. The summed E-state index contributed by atoms with van der Waals surface area (Å²) < 4.78 is 0. The number of hydrogen-bond donors (Lipinski definition) is 3. The SMILES string of the molecule is CC(N/C=C(/C#N)C(=O)NCc1ccc(Cl)cc1)C(=O)O. The number of carbonyl (C=O) groups is 2. The van der Waals surface area contributed by atoms with Gasteiger partial charge in [-0.05, 0) is 24.6 Å². The molecule has 1 atom stereocenters. The Morgan fingerprint density at radius 1 is 1.43 bits per heavy atom. The molecule has 6 nitrogen and oxygen atoms in total. The fourth-order valence-electron chi connectivity index (χ4n) is 1.31. The van der Waals surface area contributed by atoms with Crippen molar-refractivity contribution in [3.8, 4) is 6.07 Å². The quantitative estimate of drug-likeness (QED) is 0.545. The highest BCUT2D eigenvalue weighted by Gasteiger charge is 2.12. The summed E-state index contributed by atoms with van der Waals surface area (Å²) in [5.74, 6) is -1.66. The summed E-state index contributed by atoms with van der Waals surface area (Å²) in [4.78, 5) is 22.4. The summed E-state index contributed by atoms with van der Waals surface area (Å²) >= 11 is 5.75. The summed E-state index contributed by atoms with van der Waals surface area (Å²) in [6.45, 7) is 1.64. The molecule has 7 heteroatoms. The Bertz CT molecular complexity index is 590. The van der Waals surface area contributed by atoms with E-state index in [0.29, 0.717) is 5.02 Å². The van der Waals surface area contributed by atoms with Crippen molar-refractivity contribution in [1.82, 2.24) is 10.6 Å². The van der Waals surface area contributed by atoms with E-state index in [-0.39, 0.29) is 12.1 Å². The molecule has 1 amide bonds. The van der Waals surface area contributed by atoms with Gasteiger partial charge in [-0.2, -0.15) is 5.26 Å². The van der Waals surface area contributed by atoms with Gasteiger partial charge in [0.15, 0.2) is 0 Å². The van der Waals surface area contributed by atoms with Gasteiger partial charge in [-0.3, -0.25) is 9.59 Å². The number of benzene rings is 1. The molecule has 110 valence electrons. The number of halogens is 1. The Morgan fingerprint density at radius 2 is 2.05 bits per heavy atom. The van der Waals surface area contributed by atoms with Crippen molar-refractivity contribution in [3.05, 3.63) is 46.6 Å². The van der Waals surface area contributed by atoms with Crippen LogP contribution in [0, 0.1) is 11.3 Å². The van der Waals surface area contributed by atoms with Crippen LogP contribution in [0.25, 0.3) is 0 Å². The summed E-state index contributed by atoms with van der Waals surface area (Å²) in [6.07, 6.45) is 1.09. The molecule has 0 fully saturated rings. The lowest BCUT2D eigenvalue weighted by molar-refractivity contribution is -0.138. The molecule has 21 heavy (non-hydrogen) atoms. The molecule has 0 aromatic heterocycles. The maximum atomic E-state index is 11.8. The van der Waals surface area contributed by atoms with E-state index in [4.69, 9.17) is 22.0 Å².